The molecule has 5 heterocycles. The van der Waals surface area contributed by atoms with Crippen LogP contribution in [0.2, 0.25) is 0 Å². The number of nitro groups is 1. The molecule has 0 aromatic heterocycles. The van der Waals surface area contributed by atoms with E-state index in [0.29, 0.717) is 56.0 Å². The highest BCUT2D eigenvalue weighted by Gasteiger charge is 2.65. The fourth-order valence-corrected chi connectivity index (χ4v) is 17.2. The zero-order valence-electron chi connectivity index (χ0n) is 55.5. The monoisotopic (exact) mass is 1310 g/mol. The van der Waals surface area contributed by atoms with E-state index in [-0.39, 0.29) is 43.1 Å². The Hall–Kier alpha value is -4.68. The Morgan fingerprint density at radius 2 is 1.48 bits per heavy atom. The van der Waals surface area contributed by atoms with Gasteiger partial charge < -0.3 is 82.4 Å². The van der Waals surface area contributed by atoms with Crippen LogP contribution in [0.25, 0.3) is 0 Å². The fourth-order valence-electron chi connectivity index (χ4n) is 17.2. The Morgan fingerprint density at radius 3 is 2.15 bits per heavy atom. The van der Waals surface area contributed by atoms with Crippen LogP contribution in [0.5, 0.6) is 0 Å². The van der Waals surface area contributed by atoms with Crippen molar-refractivity contribution in [2.75, 3.05) is 7.11 Å². The van der Waals surface area contributed by atoms with Crippen LogP contribution in [-0.4, -0.2) is 196 Å². The lowest BCUT2D eigenvalue weighted by atomic mass is 9.49. The molecule has 2 bridgehead atoms. The second-order valence-corrected chi connectivity index (χ2v) is 28.5. The van der Waals surface area contributed by atoms with Crippen molar-refractivity contribution in [3.8, 4) is 0 Å². The standard InChI is InChI=1S/C68H98N2O23/c1-31-14-18-49(89-55-29-66(11,70(80)81)61(39(9)86-55)69-65(79)82-13)32(2)24-45-47(74)25-41(30-71)28-68(45)63(77)56(64(78)93-68)62(76)67(12)44(31)16-15-43-57(67)33(3)22-34(4)58(43)88-42-23-35(5)59(87-40(10)72)51(26-42)91-52-21-19-50(37(7)84-52)90-54-27-48(75)60(38(8)85-54)92-53-20-17-46(73)36(6)83-53/h14-16,24-25,30,33-34,36-39,42-55,57-61,65,69,73-76,79H,5,17-23,26-29H2,1-4,6-13H3/b31-14+,32-24+,62-56+/t33-,34-,36-,37-,38-,39+,42-,43-,44-,45+,46+,47-,48+,49-,50?,51+,52-,53-,54-,55-,57+,58-,59-,60?,61-,65-,66-,67+,68?/m0/s1. The lowest BCUT2D eigenvalue weighted by Crippen LogP contribution is -2.66. The predicted molar refractivity (Wildman–Crippen MR) is 329 cm³/mol. The number of Topliss-reactive ketones (excluding diaryl/α,β-unsaturated/α-hetero) is 1. The summed E-state index contributed by atoms with van der Waals surface area (Å²) in [6.45, 7) is 23.9. The Labute approximate surface area is 543 Å². The van der Waals surface area contributed by atoms with Gasteiger partial charge in [0.25, 0.3) is 0 Å². The summed E-state index contributed by atoms with van der Waals surface area (Å²) < 4.78 is 75.5. The number of ketones is 1. The number of carbonyl (C=O) groups excluding carboxylic acids is 4. The van der Waals surface area contributed by atoms with E-state index in [1.54, 1.807) is 26.8 Å². The molecule has 2 saturated carbocycles. The lowest BCUT2D eigenvalue weighted by Gasteiger charge is -2.57. The van der Waals surface area contributed by atoms with Gasteiger partial charge in [-0.15, -0.1) is 0 Å². The van der Waals surface area contributed by atoms with E-state index in [2.05, 4.69) is 31.8 Å². The van der Waals surface area contributed by atoms with Gasteiger partial charge in [-0.05, 0) is 114 Å². The van der Waals surface area contributed by atoms with E-state index in [9.17, 15) is 50.0 Å². The first kappa shape index (κ1) is 71.1. The van der Waals surface area contributed by atoms with Crippen molar-refractivity contribution in [2.24, 2.45) is 40.9 Å². The molecule has 93 heavy (non-hydrogen) atoms. The average Bonchev–Trinajstić information content (AvgIpc) is 1.68. The third-order valence-corrected chi connectivity index (χ3v) is 21.9. The average molecular weight is 1310 g/mol. The molecule has 6 N–H and O–H groups in total. The van der Waals surface area contributed by atoms with Crippen LogP contribution >= 0.6 is 0 Å². The first-order valence-corrected chi connectivity index (χ1v) is 33.2. The molecule has 25 heteroatoms. The Balaban J connectivity index is 0.904. The number of aliphatic hydroxyl groups is 5. The van der Waals surface area contributed by atoms with Gasteiger partial charge in [0.2, 0.25) is 17.7 Å². The van der Waals surface area contributed by atoms with Crippen molar-refractivity contribution >= 4 is 24.0 Å². The van der Waals surface area contributed by atoms with Crippen LogP contribution in [0, 0.1) is 51.0 Å². The molecule has 10 aliphatic rings. The SMILES string of the molecule is C=C1C[C@H](O[C@@H]2[C@H]3C=C[C@H]4/C(C)=C/C[C@H](O[C@H]5C[C@](C)([N+](=O)[O-])[C@@H](N[C@@H](O)OC)[C@@H](C)O5)/C(C)=C/[C@@H]5[C@@H](O)C=C(C=O)CC56OC(=O)/C(=C(/O)[C@@]4(C)[C@@H]3[C@@H](C)C[C@@H]2C)C6=O)C[C@@H](O[C@H]2CCC(O[C@H]3C[C@@H](O)C(O[C@H]4CC[C@@H](O)[C@H](C)O4)[C@H](C)O3)[C@H](C)O2)[C@H]1OC(C)=O. The minimum atomic E-state index is -2.18. The molecule has 1 spiro atoms. The van der Waals surface area contributed by atoms with E-state index < -0.39 is 204 Å². The molecule has 0 amide bonds. The minimum Gasteiger partial charge on any atom is -0.511 e. The van der Waals surface area contributed by atoms with Gasteiger partial charge in [-0.1, -0.05) is 57.2 Å². The lowest BCUT2D eigenvalue weighted by molar-refractivity contribution is -0.586. The third-order valence-electron chi connectivity index (χ3n) is 21.9. The summed E-state index contributed by atoms with van der Waals surface area (Å²) in [6, 6.07) is -1.02. The largest absolute Gasteiger partial charge is 0.511 e. The highest BCUT2D eigenvalue weighted by molar-refractivity contribution is 6.26. The Kier molecular flexibility index (Phi) is 21.7. The summed E-state index contributed by atoms with van der Waals surface area (Å²) in [4.78, 5) is 68.1. The summed E-state index contributed by atoms with van der Waals surface area (Å²) >= 11 is 0. The van der Waals surface area contributed by atoms with Crippen LogP contribution in [0.1, 0.15) is 147 Å². The number of aliphatic hydroxyl groups excluding tert-OH is 5. The number of carbonyl (C=O) groups is 4. The molecule has 10 rings (SSSR count). The van der Waals surface area contributed by atoms with E-state index >= 15 is 4.79 Å². The molecule has 29 atom stereocenters. The molecule has 518 valence electrons. The Morgan fingerprint density at radius 1 is 0.806 bits per heavy atom. The maximum Gasteiger partial charge on any atom is 0.346 e. The van der Waals surface area contributed by atoms with Crippen LogP contribution in [0.15, 0.2) is 70.6 Å². The van der Waals surface area contributed by atoms with Crippen LogP contribution < -0.4 is 5.32 Å². The number of aldehydes is 1. The number of esters is 2. The molecule has 0 aromatic carbocycles. The molecule has 0 radical (unpaired) electrons. The summed E-state index contributed by atoms with van der Waals surface area (Å²) in [7, 11) is 1.25. The molecule has 5 aliphatic carbocycles. The van der Waals surface area contributed by atoms with Crippen molar-refractivity contribution in [1.82, 2.24) is 5.32 Å². The summed E-state index contributed by atoms with van der Waals surface area (Å²) in [5.41, 5.74) is -4.15. The van der Waals surface area contributed by atoms with Crippen molar-refractivity contribution < 1.29 is 106 Å². The number of fused-ring (bicyclic) bond motifs is 4. The van der Waals surface area contributed by atoms with Crippen LogP contribution in [0.4, 0.5) is 0 Å². The zero-order chi connectivity index (χ0) is 67.5. The number of rotatable bonds is 16. The number of hydrogen-bond acceptors (Lipinski definition) is 24. The first-order chi connectivity index (χ1) is 43.9. The third kappa shape index (κ3) is 14.1. The summed E-state index contributed by atoms with van der Waals surface area (Å²) in [5.74, 6) is -6.16. The summed E-state index contributed by atoms with van der Waals surface area (Å²) in [5, 5.41) is 72.6. The highest BCUT2D eigenvalue weighted by atomic mass is 16.7. The number of nitrogens with zero attached hydrogens (tertiary/aromatic N) is 1. The van der Waals surface area contributed by atoms with Gasteiger partial charge in [-0.3, -0.25) is 29.8 Å². The van der Waals surface area contributed by atoms with E-state index in [1.807, 2.05) is 39.8 Å². The van der Waals surface area contributed by atoms with Gasteiger partial charge in [-0.2, -0.15) is 0 Å². The highest BCUT2D eigenvalue weighted by Crippen LogP contribution is 2.61. The van der Waals surface area contributed by atoms with E-state index in [4.69, 9.17) is 56.8 Å². The maximum atomic E-state index is 15.6. The van der Waals surface area contributed by atoms with Gasteiger partial charge in [0.1, 0.15) is 42.0 Å². The minimum absolute atomic E-state index is 0.00988. The van der Waals surface area contributed by atoms with Gasteiger partial charge in [0.05, 0.1) is 79.5 Å². The van der Waals surface area contributed by atoms with Gasteiger partial charge >= 0.3 is 11.9 Å². The molecule has 5 aliphatic heterocycles. The smallest absolute Gasteiger partial charge is 0.346 e. The topological polar surface area (TPSA) is 335 Å². The maximum absolute atomic E-state index is 15.6. The number of methoxy groups -OCH3 is 1. The molecule has 7 fully saturated rings. The zero-order valence-corrected chi connectivity index (χ0v) is 55.5. The van der Waals surface area contributed by atoms with E-state index in [1.165, 1.54) is 27.0 Å². The number of nitrogens with one attached hydrogen (secondary N) is 1. The first-order valence-electron chi connectivity index (χ1n) is 33.2. The van der Waals surface area contributed by atoms with E-state index in [0.717, 1.165) is 5.57 Å². The van der Waals surface area contributed by atoms with Gasteiger partial charge in [0.15, 0.2) is 30.8 Å². The van der Waals surface area contributed by atoms with Crippen molar-refractivity contribution in [2.45, 2.75) is 281 Å². The fraction of sp³-hybridized carbons (Fsp3) is 0.765. The molecule has 0 aromatic rings. The van der Waals surface area contributed by atoms with Gasteiger partial charge in [-0.25, -0.2) is 4.79 Å². The molecule has 25 nitrogen and oxygen atoms in total. The molecule has 3 unspecified atom stereocenters. The second-order valence-electron chi connectivity index (χ2n) is 28.5. The van der Waals surface area contributed by atoms with Crippen LogP contribution in [-0.2, 0) is 76.0 Å². The number of allylic oxidation sites excluding steroid dienone is 3. The number of ether oxygens (including phenoxy) is 12. The second kappa shape index (κ2) is 28.4. The number of hydrogen-bond donors (Lipinski definition) is 6. The molecular weight excluding hydrogens is 1210 g/mol. The summed E-state index contributed by atoms with van der Waals surface area (Å²) in [6.07, 6.45) is -2.61. The van der Waals surface area contributed by atoms with Crippen molar-refractivity contribution in [1.29, 1.82) is 0 Å². The normalized spacial score (nSPS) is 47.8. The molecular formula is C68H98N2O23. The van der Waals surface area contributed by atoms with Crippen molar-refractivity contribution in [3.05, 3.63) is 80.7 Å². The molecule has 5 saturated heterocycles. The van der Waals surface area contributed by atoms with Gasteiger partial charge in [0, 0.05) is 75.2 Å². The van der Waals surface area contributed by atoms with Crippen molar-refractivity contribution in [3.63, 3.8) is 0 Å². The predicted octanol–water partition coefficient (Wildman–Crippen LogP) is 6.10. The Bertz CT molecular complexity index is 2950. The quantitative estimate of drug-likeness (QED) is 0.0193. The van der Waals surface area contributed by atoms with Crippen LogP contribution in [0.3, 0.4) is 0 Å².